The van der Waals surface area contributed by atoms with Gasteiger partial charge in [-0.1, -0.05) is 71.0 Å². The smallest absolute Gasteiger partial charge is 0.0579 e. The SMILES string of the molecule is CC(C)c1cc(-n2c3ccccc3c3ccc(Oc4cc(-n5cc6c7ccc(n6[c]5=[Pt])CCc5ccc(cc5)CC7)cc(C(C)(C)C)c4)cc32)ncc1-c1ccc(C(C)(C)C)cc1. The van der Waals surface area contributed by atoms with Gasteiger partial charge in [0, 0.05) is 11.8 Å². The summed E-state index contributed by atoms with van der Waals surface area (Å²) in [7, 11) is 0. The minimum Gasteiger partial charge on any atom is -0.0579 e. The van der Waals surface area contributed by atoms with Crippen molar-refractivity contribution in [2.24, 2.45) is 0 Å². The van der Waals surface area contributed by atoms with Gasteiger partial charge >= 0.3 is 274 Å². The van der Waals surface area contributed by atoms with E-state index in [2.05, 4.69) is 228 Å². The van der Waals surface area contributed by atoms with Gasteiger partial charge in [0.05, 0.1) is 0 Å². The van der Waals surface area contributed by atoms with Gasteiger partial charge in [-0.05, 0) is 28.0 Å². The van der Waals surface area contributed by atoms with Crippen molar-refractivity contribution >= 4 is 27.3 Å². The first-order valence-corrected chi connectivity index (χ1v) is 23.6. The van der Waals surface area contributed by atoms with Crippen molar-refractivity contribution < 1.29 is 24.1 Å². The molecule has 5 aromatic carbocycles. The third-order valence-electron chi connectivity index (χ3n) is 13.1. The van der Waals surface area contributed by atoms with E-state index in [1.165, 1.54) is 66.5 Å². The maximum atomic E-state index is 6.97. The summed E-state index contributed by atoms with van der Waals surface area (Å²) in [5.74, 6) is 2.80. The fraction of sp³-hybridized carbons (Fsp3) is 0.263. The van der Waals surface area contributed by atoms with Gasteiger partial charge in [0.25, 0.3) is 0 Å². The molecule has 4 aliphatic rings. The van der Waals surface area contributed by atoms with Crippen molar-refractivity contribution in [3.63, 3.8) is 0 Å². The number of para-hydroxylation sites is 1. The first-order valence-electron chi connectivity index (χ1n) is 22.5. The third kappa shape index (κ3) is 7.73. The average molecular weight is 1010 g/mol. The summed E-state index contributed by atoms with van der Waals surface area (Å²) in [4.78, 5) is 5.20. The van der Waals surface area contributed by atoms with E-state index in [4.69, 9.17) is 9.72 Å². The van der Waals surface area contributed by atoms with Crippen LogP contribution in [0.1, 0.15) is 100 Å². The van der Waals surface area contributed by atoms with Gasteiger partial charge in [-0.2, -0.15) is 0 Å². The van der Waals surface area contributed by atoms with Crippen LogP contribution in [-0.2, 0) is 55.9 Å². The second-order valence-electron chi connectivity index (χ2n) is 19.8. The Labute approximate surface area is 382 Å². The normalized spacial score (nSPS) is 13.4. The van der Waals surface area contributed by atoms with Crippen LogP contribution in [-0.4, -0.2) is 18.5 Å². The molecule has 320 valence electrons. The van der Waals surface area contributed by atoms with Crippen LogP contribution < -0.4 is 4.74 Å². The van der Waals surface area contributed by atoms with Crippen molar-refractivity contribution in [2.45, 2.75) is 97.8 Å². The van der Waals surface area contributed by atoms with Gasteiger partial charge in [-0.15, -0.1) is 0 Å². The standard InChI is InChI=1S/C57H56N4O.Pt/c1-37(2)50-33-55(58-34-51(50)40-20-23-42(24-21-40)56(3,4)5)61-52-12-10-9-11-48(52)49-28-27-46(32-53(49)61)62-47-30-43(57(6,7)8)29-45(31-47)59-35-54-41-19-17-38-13-15-39(16-14-38)18-25-44(26-22-41)60(54)36-59;/h9-16,20-24,26-35,37H,17-19,25H2,1-8H3;. The predicted molar refractivity (Wildman–Crippen MR) is 257 cm³/mol. The predicted octanol–water partition coefficient (Wildman–Crippen LogP) is 14.4. The first-order chi connectivity index (χ1) is 30.2. The minimum absolute atomic E-state index is 0.0984. The van der Waals surface area contributed by atoms with Gasteiger partial charge in [0.1, 0.15) is 0 Å². The Kier molecular flexibility index (Phi) is 10.3. The molecule has 4 aromatic heterocycles. The number of aromatic nitrogens is 4. The van der Waals surface area contributed by atoms with E-state index in [0.717, 1.165) is 63.5 Å². The molecule has 0 spiro atoms. The van der Waals surface area contributed by atoms with Crippen LogP contribution in [0.25, 0.3) is 50.0 Å². The van der Waals surface area contributed by atoms with Crippen LogP contribution in [0, 0.1) is 3.80 Å². The summed E-state index contributed by atoms with van der Waals surface area (Å²) < 4.78 is 15.3. The number of hydrogen-bond acceptors (Lipinski definition) is 2. The van der Waals surface area contributed by atoms with Crippen molar-refractivity contribution in [2.75, 3.05) is 0 Å². The van der Waals surface area contributed by atoms with E-state index in [1.807, 2.05) is 0 Å². The molecule has 0 unspecified atom stereocenters. The van der Waals surface area contributed by atoms with Crippen molar-refractivity contribution in [3.05, 3.63) is 183 Å². The molecular weight excluding hydrogens is 952 g/mol. The number of aryl methyl sites for hydroxylation is 4. The molecule has 6 heterocycles. The van der Waals surface area contributed by atoms with Gasteiger partial charge in [-0.3, -0.25) is 0 Å². The molecular formula is C57H56N4OPt. The van der Waals surface area contributed by atoms with Gasteiger partial charge in [0.2, 0.25) is 0 Å². The summed E-state index contributed by atoms with van der Waals surface area (Å²) in [6, 6.07) is 47.2. The number of benzene rings is 5. The molecule has 5 nitrogen and oxygen atoms in total. The summed E-state index contributed by atoms with van der Waals surface area (Å²) >= 11 is 2.53. The zero-order chi connectivity index (χ0) is 43.8. The summed E-state index contributed by atoms with van der Waals surface area (Å²) in [6.45, 7) is 18.2. The zero-order valence-electron chi connectivity index (χ0n) is 37.7. The van der Waals surface area contributed by atoms with E-state index in [9.17, 15) is 0 Å². The number of pyridine rings is 2. The first kappa shape index (κ1) is 41.3. The second kappa shape index (κ2) is 15.8. The van der Waals surface area contributed by atoms with Crippen molar-refractivity contribution in [3.8, 4) is 34.1 Å². The second-order valence-corrected chi connectivity index (χ2v) is 20.9. The number of nitrogens with zero attached hydrogens (tertiary/aromatic N) is 4. The summed E-state index contributed by atoms with van der Waals surface area (Å²) in [6.07, 6.45) is 8.40. The third-order valence-corrected chi connectivity index (χ3v) is 14.1. The quantitative estimate of drug-likeness (QED) is 0.166. The minimum atomic E-state index is -0.101. The Bertz CT molecular complexity index is 3260. The van der Waals surface area contributed by atoms with Gasteiger partial charge < -0.3 is 0 Å². The Balaban J connectivity index is 1.06. The van der Waals surface area contributed by atoms with Crippen molar-refractivity contribution in [1.82, 2.24) is 18.5 Å². The molecule has 2 aliphatic carbocycles. The van der Waals surface area contributed by atoms with E-state index in [1.54, 1.807) is 0 Å². The Morgan fingerprint density at radius 2 is 1.32 bits per heavy atom. The molecule has 9 aromatic rings. The van der Waals surface area contributed by atoms with E-state index < -0.39 is 0 Å². The average Bonchev–Trinajstić information content (AvgIpc) is 3.78. The molecule has 0 fully saturated rings. The van der Waals surface area contributed by atoms with Crippen LogP contribution in [0.3, 0.4) is 0 Å². The number of ether oxygens (including phenoxy) is 1. The van der Waals surface area contributed by atoms with Crippen LogP contribution in [0.2, 0.25) is 0 Å². The monoisotopic (exact) mass is 1010 g/mol. The molecule has 6 heteroatoms. The Morgan fingerprint density at radius 1 is 0.619 bits per heavy atom. The summed E-state index contributed by atoms with van der Waals surface area (Å²) in [5, 5.41) is 2.36. The molecule has 0 atom stereocenters. The number of fused-ring (bicyclic) bond motifs is 3. The van der Waals surface area contributed by atoms with E-state index in [-0.39, 0.29) is 10.8 Å². The maximum absolute atomic E-state index is 6.97. The van der Waals surface area contributed by atoms with Crippen molar-refractivity contribution in [1.29, 1.82) is 0 Å². The molecule has 0 saturated carbocycles. The molecule has 63 heavy (non-hydrogen) atoms. The zero-order valence-corrected chi connectivity index (χ0v) is 40.0. The molecule has 0 saturated heterocycles. The fourth-order valence-electron chi connectivity index (χ4n) is 9.34. The van der Waals surface area contributed by atoms with E-state index >= 15 is 0 Å². The van der Waals surface area contributed by atoms with Gasteiger partial charge in [0.15, 0.2) is 0 Å². The van der Waals surface area contributed by atoms with Crippen LogP contribution in [0.4, 0.5) is 0 Å². The van der Waals surface area contributed by atoms with Crippen LogP contribution >= 0.6 is 0 Å². The van der Waals surface area contributed by atoms with Crippen LogP contribution in [0.15, 0.2) is 140 Å². The van der Waals surface area contributed by atoms with Gasteiger partial charge in [-0.25, -0.2) is 0 Å². The fourth-order valence-corrected chi connectivity index (χ4v) is 10.4. The Morgan fingerprint density at radius 3 is 2.03 bits per heavy atom. The summed E-state index contributed by atoms with van der Waals surface area (Å²) in [5.41, 5.74) is 16.2. The molecule has 0 N–H and O–H groups in total. The van der Waals surface area contributed by atoms with Crippen LogP contribution in [0.5, 0.6) is 11.5 Å². The topological polar surface area (TPSA) is 36.4 Å². The number of hydrogen-bond donors (Lipinski definition) is 0. The molecule has 0 amide bonds. The Hall–Kier alpha value is -5.77. The molecule has 4 bridgehead atoms. The molecule has 0 radical (unpaired) electrons. The molecule has 2 aliphatic heterocycles. The molecule has 13 rings (SSSR count). The number of imidazole rings is 1. The number of rotatable bonds is 6. The van der Waals surface area contributed by atoms with E-state index in [0.29, 0.717) is 5.92 Å².